The normalized spacial score (nSPS) is 11.0. The zero-order valence-electron chi connectivity index (χ0n) is 18.7. The minimum Gasteiger partial charge on any atom is -0.504 e. The van der Waals surface area contributed by atoms with E-state index in [4.69, 9.17) is 13.9 Å². The van der Waals surface area contributed by atoms with Gasteiger partial charge in [-0.2, -0.15) is 13.2 Å². The third-order valence-electron chi connectivity index (χ3n) is 4.95. The summed E-state index contributed by atoms with van der Waals surface area (Å²) in [4.78, 5) is 23.0. The van der Waals surface area contributed by atoms with E-state index in [0.29, 0.717) is 37.7 Å². The van der Waals surface area contributed by atoms with Gasteiger partial charge in [0.15, 0.2) is 34.9 Å². The summed E-state index contributed by atoms with van der Waals surface area (Å²) in [7, 11) is 2.89. The summed E-state index contributed by atoms with van der Waals surface area (Å²) >= 11 is 6.46. The van der Waals surface area contributed by atoms with Crippen molar-refractivity contribution in [1.29, 1.82) is 0 Å². The lowest BCUT2D eigenvalue weighted by molar-refractivity contribution is -0.137. The molecule has 36 heavy (non-hydrogen) atoms. The number of aromatic hydroxyl groups is 1. The Morgan fingerprint density at radius 3 is 2.22 bits per heavy atom. The number of ketones is 1. The third kappa shape index (κ3) is 5.73. The predicted molar refractivity (Wildman–Crippen MR) is 133 cm³/mol. The standard InChI is InChI=1S/C17H10BrF3O3.C8H7BrO3/c1-23-13-6-5-12(18)11-8-14(24-16(11)13)15(22)9-3-2-4-10(7-9)17(19,20)21;1-12-7-3-2-6(9)5(4-10)8(7)11/h2-8H,1H3;2-4,11H,1H3. The van der Waals surface area contributed by atoms with Crippen molar-refractivity contribution < 1.29 is 41.8 Å². The van der Waals surface area contributed by atoms with Crippen LogP contribution in [-0.2, 0) is 6.18 Å². The maximum atomic E-state index is 12.8. The first-order valence-corrected chi connectivity index (χ1v) is 11.6. The van der Waals surface area contributed by atoms with Crippen LogP contribution in [-0.4, -0.2) is 31.4 Å². The second-order valence-corrected chi connectivity index (χ2v) is 8.85. The highest BCUT2D eigenvalue weighted by molar-refractivity contribution is 9.11. The molecule has 0 unspecified atom stereocenters. The molecule has 0 fully saturated rings. The van der Waals surface area contributed by atoms with Crippen molar-refractivity contribution in [3.8, 4) is 17.2 Å². The fourth-order valence-corrected chi connectivity index (χ4v) is 4.00. The lowest BCUT2D eigenvalue weighted by Crippen LogP contribution is -2.07. The van der Waals surface area contributed by atoms with Gasteiger partial charge in [0.1, 0.15) is 0 Å². The second-order valence-electron chi connectivity index (χ2n) is 7.14. The maximum Gasteiger partial charge on any atom is 0.416 e. The smallest absolute Gasteiger partial charge is 0.416 e. The summed E-state index contributed by atoms with van der Waals surface area (Å²) in [5.41, 5.74) is -0.432. The first-order valence-electron chi connectivity index (χ1n) is 10.0. The Kier molecular flexibility index (Phi) is 8.47. The number of phenolic OH excluding ortho intramolecular Hbond substituents is 1. The van der Waals surface area contributed by atoms with Gasteiger partial charge in [-0.15, -0.1) is 0 Å². The molecule has 1 aromatic heterocycles. The molecular weight excluding hydrogens is 613 g/mol. The molecule has 4 aromatic rings. The Morgan fingerprint density at radius 2 is 1.61 bits per heavy atom. The van der Waals surface area contributed by atoms with Crippen LogP contribution in [0.15, 0.2) is 68.0 Å². The molecule has 1 N–H and O–H groups in total. The van der Waals surface area contributed by atoms with Gasteiger partial charge >= 0.3 is 6.18 Å². The Balaban J connectivity index is 0.000000253. The summed E-state index contributed by atoms with van der Waals surface area (Å²) in [5.74, 6) is -0.112. The topological polar surface area (TPSA) is 86.0 Å². The molecule has 0 spiro atoms. The molecule has 0 saturated heterocycles. The van der Waals surface area contributed by atoms with Gasteiger partial charge in [0, 0.05) is 19.9 Å². The van der Waals surface area contributed by atoms with Crippen LogP contribution < -0.4 is 9.47 Å². The number of methoxy groups -OCH3 is 2. The molecule has 11 heteroatoms. The molecule has 0 aliphatic carbocycles. The molecule has 0 bridgehead atoms. The lowest BCUT2D eigenvalue weighted by Gasteiger charge is -2.07. The van der Waals surface area contributed by atoms with Gasteiger partial charge in [0.05, 0.1) is 25.3 Å². The van der Waals surface area contributed by atoms with E-state index in [9.17, 15) is 27.9 Å². The van der Waals surface area contributed by atoms with Crippen LogP contribution in [0.2, 0.25) is 0 Å². The average Bonchev–Trinajstić information content (AvgIpc) is 3.31. The molecule has 0 atom stereocenters. The Bertz CT molecular complexity index is 1430. The van der Waals surface area contributed by atoms with Gasteiger partial charge in [0.25, 0.3) is 0 Å². The molecule has 0 saturated carbocycles. The number of furan rings is 1. The summed E-state index contributed by atoms with van der Waals surface area (Å²) < 4.78 is 55.1. The van der Waals surface area contributed by atoms with Gasteiger partial charge in [-0.05, 0) is 58.4 Å². The number of phenols is 1. The van der Waals surface area contributed by atoms with Crippen molar-refractivity contribution in [3.05, 3.63) is 86.0 Å². The first-order chi connectivity index (χ1) is 17.0. The summed E-state index contributed by atoms with van der Waals surface area (Å²) in [6, 6.07) is 12.3. The van der Waals surface area contributed by atoms with E-state index in [2.05, 4.69) is 31.9 Å². The zero-order chi connectivity index (χ0) is 26.6. The van der Waals surface area contributed by atoms with Crippen molar-refractivity contribution in [2.24, 2.45) is 0 Å². The minimum atomic E-state index is -4.52. The number of hydrogen-bond acceptors (Lipinski definition) is 6. The summed E-state index contributed by atoms with van der Waals surface area (Å²) in [6.45, 7) is 0. The van der Waals surface area contributed by atoms with E-state index in [1.165, 1.54) is 32.4 Å². The number of fused-ring (bicyclic) bond motifs is 1. The van der Waals surface area contributed by atoms with Crippen LogP contribution in [0.5, 0.6) is 17.2 Å². The van der Waals surface area contributed by atoms with Gasteiger partial charge in [-0.25, -0.2) is 0 Å². The molecule has 6 nitrogen and oxygen atoms in total. The molecule has 0 radical (unpaired) electrons. The highest BCUT2D eigenvalue weighted by atomic mass is 79.9. The van der Waals surface area contributed by atoms with Gasteiger partial charge in [-0.3, -0.25) is 9.59 Å². The lowest BCUT2D eigenvalue weighted by atomic mass is 10.1. The van der Waals surface area contributed by atoms with E-state index in [1.807, 2.05) is 0 Å². The SMILES string of the molecule is COc1ccc(Br)c(C=O)c1O.COc1ccc(Br)c2cc(C(=O)c3cccc(C(F)(F)F)c3)oc12. The van der Waals surface area contributed by atoms with Crippen LogP contribution in [0, 0.1) is 0 Å². The van der Waals surface area contributed by atoms with E-state index in [0.717, 1.165) is 12.1 Å². The molecule has 4 rings (SSSR count). The van der Waals surface area contributed by atoms with E-state index in [1.54, 1.807) is 24.3 Å². The molecular formula is C25H17Br2F3O6. The molecule has 188 valence electrons. The number of rotatable bonds is 5. The average molecular weight is 630 g/mol. The molecule has 0 aliphatic heterocycles. The van der Waals surface area contributed by atoms with E-state index >= 15 is 0 Å². The number of benzene rings is 3. The number of carbonyl (C=O) groups is 2. The van der Waals surface area contributed by atoms with E-state index < -0.39 is 17.5 Å². The maximum absolute atomic E-state index is 12.8. The highest BCUT2D eigenvalue weighted by Gasteiger charge is 2.31. The van der Waals surface area contributed by atoms with Gasteiger partial charge in [0.2, 0.25) is 5.78 Å². The fraction of sp³-hybridized carbons (Fsp3) is 0.120. The van der Waals surface area contributed by atoms with Crippen molar-refractivity contribution in [3.63, 3.8) is 0 Å². The molecule has 1 heterocycles. The number of carbonyl (C=O) groups excluding carboxylic acids is 2. The van der Waals surface area contributed by atoms with Crippen LogP contribution in [0.25, 0.3) is 11.0 Å². The molecule has 3 aromatic carbocycles. The van der Waals surface area contributed by atoms with Gasteiger partial charge in [-0.1, -0.05) is 28.1 Å². The Hall–Kier alpha value is -3.31. The van der Waals surface area contributed by atoms with Crippen molar-refractivity contribution in [2.75, 3.05) is 14.2 Å². The predicted octanol–water partition coefficient (Wildman–Crippen LogP) is 7.43. The van der Waals surface area contributed by atoms with Crippen LogP contribution in [0.4, 0.5) is 13.2 Å². The molecule has 0 amide bonds. The number of alkyl halides is 3. The number of hydrogen-bond donors (Lipinski definition) is 1. The number of halogens is 5. The van der Waals surface area contributed by atoms with Crippen LogP contribution in [0.1, 0.15) is 32.0 Å². The molecule has 0 aliphatic rings. The summed E-state index contributed by atoms with van der Waals surface area (Å²) in [5, 5.41) is 9.98. The van der Waals surface area contributed by atoms with E-state index in [-0.39, 0.29) is 22.6 Å². The second kappa shape index (κ2) is 11.2. The first kappa shape index (κ1) is 27.3. The zero-order valence-corrected chi connectivity index (χ0v) is 21.8. The van der Waals surface area contributed by atoms with Crippen molar-refractivity contribution >= 4 is 54.9 Å². The Morgan fingerprint density at radius 1 is 0.972 bits per heavy atom. The quantitative estimate of drug-likeness (QED) is 0.183. The van der Waals surface area contributed by atoms with Crippen LogP contribution >= 0.6 is 31.9 Å². The van der Waals surface area contributed by atoms with Crippen LogP contribution in [0.3, 0.4) is 0 Å². The third-order valence-corrected chi connectivity index (χ3v) is 6.34. The van der Waals surface area contributed by atoms with Crippen molar-refractivity contribution in [1.82, 2.24) is 0 Å². The summed E-state index contributed by atoms with van der Waals surface area (Å²) in [6.07, 6.45) is -3.95. The highest BCUT2D eigenvalue weighted by Crippen LogP contribution is 2.36. The number of aldehydes is 1. The van der Waals surface area contributed by atoms with Gasteiger partial charge < -0.3 is 19.0 Å². The largest absolute Gasteiger partial charge is 0.504 e. The minimum absolute atomic E-state index is 0.0606. The number of ether oxygens (including phenoxy) is 2. The van der Waals surface area contributed by atoms with Crippen molar-refractivity contribution in [2.45, 2.75) is 6.18 Å². The fourth-order valence-electron chi connectivity index (χ4n) is 3.16. The Labute approximate surface area is 219 Å². The monoisotopic (exact) mass is 628 g/mol.